The monoisotopic (exact) mass is 313 g/mol. The number of halogens is 1. The molecule has 1 aliphatic carbocycles. The van der Waals surface area contributed by atoms with Crippen LogP contribution in [0.1, 0.15) is 32.6 Å². The summed E-state index contributed by atoms with van der Waals surface area (Å²) in [4.78, 5) is 12.6. The summed E-state index contributed by atoms with van der Waals surface area (Å²) in [6, 6.07) is 8.14. The first kappa shape index (κ1) is 15.7. The van der Waals surface area contributed by atoms with E-state index >= 15 is 0 Å². The van der Waals surface area contributed by atoms with Gasteiger partial charge in [0, 0.05) is 16.0 Å². The Morgan fingerprint density at radius 3 is 2.65 bits per heavy atom. The Bertz CT molecular complexity index is 461. The van der Waals surface area contributed by atoms with E-state index in [0.29, 0.717) is 12.5 Å². The Kier molecular flexibility index (Phi) is 5.35. The van der Waals surface area contributed by atoms with Crippen LogP contribution < -0.4 is 5.32 Å². The molecule has 0 bridgehead atoms. The normalized spacial score (nSPS) is 17.7. The lowest BCUT2D eigenvalue weighted by Gasteiger charge is -2.26. The van der Waals surface area contributed by atoms with Crippen LogP contribution in [0.15, 0.2) is 29.2 Å². The van der Waals surface area contributed by atoms with E-state index in [2.05, 4.69) is 5.32 Å². The number of nitrogens with one attached hydrogen (secondary N) is 1. The molecule has 0 aromatic heterocycles. The average Bonchev–Trinajstić information content (AvgIpc) is 3.20. The molecule has 0 radical (unpaired) electrons. The molecule has 2 N–H and O–H groups in total. The number of thioether (sulfide) groups is 1. The highest BCUT2D eigenvalue weighted by molar-refractivity contribution is 7.99. The Hall–Kier alpha value is -0.710. The topological polar surface area (TPSA) is 49.3 Å². The summed E-state index contributed by atoms with van der Waals surface area (Å²) in [6.45, 7) is 1.79. The zero-order chi connectivity index (χ0) is 14.6. The number of carboxylic acid groups (broad SMARTS) is 1. The molecule has 1 saturated carbocycles. The zero-order valence-electron chi connectivity index (χ0n) is 11.6. The van der Waals surface area contributed by atoms with E-state index < -0.39 is 11.5 Å². The molecule has 3 nitrogen and oxygen atoms in total. The molecular formula is C15H20ClNO2S. The third kappa shape index (κ3) is 4.69. The first-order valence-corrected chi connectivity index (χ1v) is 8.25. The number of carboxylic acids is 1. The van der Waals surface area contributed by atoms with Gasteiger partial charge in [0.05, 0.1) is 0 Å². The van der Waals surface area contributed by atoms with E-state index in [-0.39, 0.29) is 0 Å². The molecule has 0 spiro atoms. The van der Waals surface area contributed by atoms with Gasteiger partial charge in [-0.1, -0.05) is 11.6 Å². The number of hydrogen-bond acceptors (Lipinski definition) is 3. The standard InChI is InChI=1S/C15H20ClNO2S/c1-15(14(18)19,17-12-5-6-12)9-2-10-20-13-7-3-11(16)4-8-13/h3-4,7-8,12,17H,2,5-6,9-10H2,1H3,(H,18,19). The van der Waals surface area contributed by atoms with Crippen molar-refractivity contribution in [3.05, 3.63) is 29.3 Å². The van der Waals surface area contributed by atoms with Gasteiger partial charge in [-0.05, 0) is 62.6 Å². The number of carbonyl (C=O) groups is 1. The first-order valence-electron chi connectivity index (χ1n) is 6.89. The van der Waals surface area contributed by atoms with Gasteiger partial charge in [0.25, 0.3) is 0 Å². The third-order valence-corrected chi connectivity index (χ3v) is 4.83. The Balaban J connectivity index is 1.75. The van der Waals surface area contributed by atoms with E-state index in [4.69, 9.17) is 11.6 Å². The van der Waals surface area contributed by atoms with E-state index in [9.17, 15) is 9.90 Å². The van der Waals surface area contributed by atoms with Crippen LogP contribution in [0.3, 0.4) is 0 Å². The van der Waals surface area contributed by atoms with Gasteiger partial charge in [-0.3, -0.25) is 10.1 Å². The summed E-state index contributed by atoms with van der Waals surface area (Å²) < 4.78 is 0. The lowest BCUT2D eigenvalue weighted by molar-refractivity contribution is -0.144. The Labute approximate surface area is 129 Å². The second-order valence-corrected chi connectivity index (χ2v) is 7.07. The summed E-state index contributed by atoms with van der Waals surface area (Å²) in [5, 5.41) is 13.4. The minimum absolute atomic E-state index is 0.403. The van der Waals surface area contributed by atoms with Gasteiger partial charge >= 0.3 is 5.97 Å². The van der Waals surface area contributed by atoms with Crippen molar-refractivity contribution in [2.75, 3.05) is 5.75 Å². The van der Waals surface area contributed by atoms with Crippen LogP contribution in [0, 0.1) is 0 Å². The average molecular weight is 314 g/mol. The predicted molar refractivity (Wildman–Crippen MR) is 83.6 cm³/mol. The van der Waals surface area contributed by atoms with E-state index in [1.54, 1.807) is 18.7 Å². The van der Waals surface area contributed by atoms with Gasteiger partial charge in [-0.15, -0.1) is 11.8 Å². The van der Waals surface area contributed by atoms with Crippen LogP contribution in [0.5, 0.6) is 0 Å². The van der Waals surface area contributed by atoms with Crippen molar-refractivity contribution in [2.45, 2.75) is 49.1 Å². The molecule has 1 fully saturated rings. The maximum atomic E-state index is 11.4. The minimum atomic E-state index is -0.790. The molecule has 20 heavy (non-hydrogen) atoms. The molecule has 1 aliphatic rings. The van der Waals surface area contributed by atoms with Gasteiger partial charge in [0.15, 0.2) is 0 Å². The number of aliphatic carboxylic acids is 1. The van der Waals surface area contributed by atoms with Gasteiger partial charge < -0.3 is 5.11 Å². The molecule has 1 aromatic rings. The molecule has 1 atom stereocenters. The van der Waals surface area contributed by atoms with Crippen LogP contribution >= 0.6 is 23.4 Å². The lowest BCUT2D eigenvalue weighted by atomic mass is 9.96. The largest absolute Gasteiger partial charge is 0.480 e. The second kappa shape index (κ2) is 6.83. The Morgan fingerprint density at radius 2 is 2.10 bits per heavy atom. The van der Waals surface area contributed by atoms with Crippen molar-refractivity contribution >= 4 is 29.3 Å². The van der Waals surface area contributed by atoms with Gasteiger partial charge in [0.2, 0.25) is 0 Å². The van der Waals surface area contributed by atoms with Gasteiger partial charge in [-0.25, -0.2) is 0 Å². The molecule has 0 heterocycles. The van der Waals surface area contributed by atoms with E-state index in [0.717, 1.165) is 30.0 Å². The minimum Gasteiger partial charge on any atom is -0.480 e. The molecule has 110 valence electrons. The summed E-state index contributed by atoms with van der Waals surface area (Å²) in [5.41, 5.74) is -0.790. The first-order chi connectivity index (χ1) is 9.49. The molecule has 0 aliphatic heterocycles. The van der Waals surface area contributed by atoms with Crippen molar-refractivity contribution in [1.29, 1.82) is 0 Å². The van der Waals surface area contributed by atoms with Crippen molar-refractivity contribution in [2.24, 2.45) is 0 Å². The smallest absolute Gasteiger partial charge is 0.323 e. The van der Waals surface area contributed by atoms with E-state index in [1.165, 1.54) is 4.90 Å². The SMILES string of the molecule is CC(CCCSc1ccc(Cl)cc1)(NC1CC1)C(=O)O. The lowest BCUT2D eigenvalue weighted by Crippen LogP contribution is -2.50. The Morgan fingerprint density at radius 1 is 1.45 bits per heavy atom. The highest BCUT2D eigenvalue weighted by atomic mass is 35.5. The molecule has 0 saturated heterocycles. The van der Waals surface area contributed by atoms with Crippen molar-refractivity contribution in [3.8, 4) is 0 Å². The fraction of sp³-hybridized carbons (Fsp3) is 0.533. The second-order valence-electron chi connectivity index (χ2n) is 5.46. The summed E-state index contributed by atoms with van der Waals surface area (Å²) in [5.74, 6) is 0.164. The van der Waals surface area contributed by atoms with Crippen LogP contribution in [-0.4, -0.2) is 28.4 Å². The number of rotatable bonds is 8. The van der Waals surface area contributed by atoms with Crippen molar-refractivity contribution < 1.29 is 9.90 Å². The number of benzene rings is 1. The van der Waals surface area contributed by atoms with Gasteiger partial charge in [-0.2, -0.15) is 0 Å². The van der Waals surface area contributed by atoms with E-state index in [1.807, 2.05) is 24.3 Å². The molecular weight excluding hydrogens is 294 g/mol. The molecule has 5 heteroatoms. The maximum absolute atomic E-state index is 11.4. The summed E-state index contributed by atoms with van der Waals surface area (Å²) in [6.07, 6.45) is 3.72. The molecule has 1 unspecified atom stereocenters. The quantitative estimate of drug-likeness (QED) is 0.566. The van der Waals surface area contributed by atoms with Crippen LogP contribution in [0.2, 0.25) is 5.02 Å². The van der Waals surface area contributed by atoms with Gasteiger partial charge in [0.1, 0.15) is 5.54 Å². The van der Waals surface area contributed by atoms with Crippen molar-refractivity contribution in [3.63, 3.8) is 0 Å². The fourth-order valence-electron chi connectivity index (χ4n) is 2.07. The summed E-state index contributed by atoms with van der Waals surface area (Å²) >= 11 is 7.58. The fourth-order valence-corrected chi connectivity index (χ4v) is 3.04. The third-order valence-electron chi connectivity index (χ3n) is 3.48. The highest BCUT2D eigenvalue weighted by Crippen LogP contribution is 2.27. The van der Waals surface area contributed by atoms with Crippen molar-refractivity contribution in [1.82, 2.24) is 5.32 Å². The predicted octanol–water partition coefficient (Wildman–Crippen LogP) is 3.81. The zero-order valence-corrected chi connectivity index (χ0v) is 13.1. The molecule has 0 amide bonds. The number of hydrogen-bond donors (Lipinski definition) is 2. The maximum Gasteiger partial charge on any atom is 0.323 e. The molecule has 1 aromatic carbocycles. The van der Waals surface area contributed by atoms with Crippen LogP contribution in [0.4, 0.5) is 0 Å². The van der Waals surface area contributed by atoms with Crippen LogP contribution in [-0.2, 0) is 4.79 Å². The molecule has 2 rings (SSSR count). The summed E-state index contributed by atoms with van der Waals surface area (Å²) in [7, 11) is 0. The highest BCUT2D eigenvalue weighted by Gasteiger charge is 2.37. The van der Waals surface area contributed by atoms with Crippen LogP contribution in [0.25, 0.3) is 0 Å².